The quantitative estimate of drug-likeness (QED) is 0.809. The summed E-state index contributed by atoms with van der Waals surface area (Å²) in [5.74, 6) is 0.534. The Hall–Kier alpha value is -0.910. The number of methoxy groups -OCH3 is 1. The van der Waals surface area contributed by atoms with Gasteiger partial charge in [0.25, 0.3) is 0 Å². The minimum Gasteiger partial charge on any atom is -0.469 e. The molecule has 0 bridgehead atoms. The van der Waals surface area contributed by atoms with E-state index in [9.17, 15) is 9.59 Å². The fraction of sp³-hybridized carbons (Fsp3) is 0.857. The van der Waals surface area contributed by atoms with Gasteiger partial charge in [-0.05, 0) is 46.3 Å². The molecule has 1 saturated carbocycles. The van der Waals surface area contributed by atoms with Crippen molar-refractivity contribution < 1.29 is 19.1 Å². The van der Waals surface area contributed by atoms with Gasteiger partial charge in [-0.1, -0.05) is 0 Å². The van der Waals surface area contributed by atoms with Crippen LogP contribution in [0.5, 0.6) is 0 Å². The molecule has 1 amide bonds. The Labute approximate surface area is 125 Å². The Kier molecular flexibility index (Phi) is 5.74. The highest BCUT2D eigenvalue weighted by molar-refractivity contribution is 7.98. The van der Waals surface area contributed by atoms with Gasteiger partial charge in [0, 0.05) is 11.8 Å². The monoisotopic (exact) mass is 303 g/mol. The third-order valence-electron chi connectivity index (χ3n) is 3.37. The maximum atomic E-state index is 12.0. The van der Waals surface area contributed by atoms with Crippen molar-refractivity contribution in [2.45, 2.75) is 51.7 Å². The second kappa shape index (κ2) is 6.70. The number of rotatable bonds is 4. The average Bonchev–Trinajstić information content (AvgIpc) is 2.70. The zero-order valence-corrected chi connectivity index (χ0v) is 13.8. The van der Waals surface area contributed by atoms with Crippen LogP contribution < -0.4 is 5.32 Å². The first-order valence-electron chi connectivity index (χ1n) is 6.79. The van der Waals surface area contributed by atoms with E-state index in [4.69, 9.17) is 9.47 Å². The number of carbonyl (C=O) groups is 2. The van der Waals surface area contributed by atoms with Crippen molar-refractivity contribution in [3.8, 4) is 0 Å². The zero-order valence-electron chi connectivity index (χ0n) is 12.9. The van der Waals surface area contributed by atoms with Crippen molar-refractivity contribution in [2.75, 3.05) is 19.1 Å². The van der Waals surface area contributed by atoms with Gasteiger partial charge >= 0.3 is 12.1 Å². The lowest BCUT2D eigenvalue weighted by Crippen LogP contribution is -2.40. The smallest absolute Gasteiger partial charge is 0.407 e. The number of hydrogen-bond donors (Lipinski definition) is 1. The van der Waals surface area contributed by atoms with E-state index in [1.54, 1.807) is 11.8 Å². The normalized spacial score (nSPS) is 26.1. The SMILES string of the molecule is COC(=O)[C@@]1(CSC)CC[C@@H](NC(=O)OC(C)(C)C)C1. The third-order valence-corrected chi connectivity index (χ3v) is 4.21. The molecular weight excluding hydrogens is 278 g/mol. The lowest BCUT2D eigenvalue weighted by molar-refractivity contribution is -0.151. The van der Waals surface area contributed by atoms with Gasteiger partial charge in [-0.15, -0.1) is 0 Å². The Morgan fingerprint density at radius 2 is 2.05 bits per heavy atom. The highest BCUT2D eigenvalue weighted by atomic mass is 32.2. The molecule has 20 heavy (non-hydrogen) atoms. The van der Waals surface area contributed by atoms with E-state index in [0.717, 1.165) is 12.8 Å². The van der Waals surface area contributed by atoms with E-state index in [2.05, 4.69) is 5.32 Å². The minimum absolute atomic E-state index is 0.0314. The summed E-state index contributed by atoms with van der Waals surface area (Å²) in [7, 11) is 1.42. The predicted octanol–water partition coefficient (Wildman–Crippen LogP) is 2.59. The fourth-order valence-electron chi connectivity index (χ4n) is 2.59. The molecule has 1 N–H and O–H groups in total. The highest BCUT2D eigenvalue weighted by Crippen LogP contribution is 2.41. The van der Waals surface area contributed by atoms with Gasteiger partial charge in [-0.3, -0.25) is 4.79 Å². The van der Waals surface area contributed by atoms with Crippen molar-refractivity contribution in [2.24, 2.45) is 5.41 Å². The van der Waals surface area contributed by atoms with E-state index >= 15 is 0 Å². The molecule has 0 aromatic rings. The molecule has 1 aliphatic carbocycles. The second-order valence-corrected chi connectivity index (χ2v) is 7.16. The topological polar surface area (TPSA) is 64.6 Å². The number of nitrogens with one attached hydrogen (secondary N) is 1. The van der Waals surface area contributed by atoms with Crippen molar-refractivity contribution in [3.05, 3.63) is 0 Å². The molecule has 0 heterocycles. The van der Waals surface area contributed by atoms with Crippen molar-refractivity contribution in [1.82, 2.24) is 5.32 Å². The second-order valence-electron chi connectivity index (χ2n) is 6.29. The van der Waals surface area contributed by atoms with Crippen LogP contribution in [0.2, 0.25) is 0 Å². The summed E-state index contributed by atoms with van der Waals surface area (Å²) in [5, 5.41) is 2.85. The summed E-state index contributed by atoms with van der Waals surface area (Å²) in [6.07, 6.45) is 3.67. The van der Waals surface area contributed by atoms with E-state index in [1.165, 1.54) is 7.11 Å². The molecular formula is C14H25NO4S. The van der Waals surface area contributed by atoms with Crippen LogP contribution in [0, 0.1) is 5.41 Å². The Balaban J connectivity index is 2.61. The molecule has 5 nitrogen and oxygen atoms in total. The van der Waals surface area contributed by atoms with Crippen LogP contribution in [0.1, 0.15) is 40.0 Å². The summed E-state index contributed by atoms with van der Waals surface area (Å²) in [6, 6.07) is -0.0314. The van der Waals surface area contributed by atoms with Crippen molar-refractivity contribution in [3.63, 3.8) is 0 Å². The zero-order chi connectivity index (χ0) is 15.4. The number of hydrogen-bond acceptors (Lipinski definition) is 5. The van der Waals surface area contributed by atoms with Crippen LogP contribution in [0.15, 0.2) is 0 Å². The molecule has 0 aromatic carbocycles. The van der Waals surface area contributed by atoms with Crippen molar-refractivity contribution >= 4 is 23.8 Å². The maximum absolute atomic E-state index is 12.0. The molecule has 1 fully saturated rings. The molecule has 0 spiro atoms. The number of carbonyl (C=O) groups excluding carboxylic acids is 2. The maximum Gasteiger partial charge on any atom is 0.407 e. The molecule has 116 valence electrons. The minimum atomic E-state index is -0.513. The van der Waals surface area contributed by atoms with Gasteiger partial charge in [-0.2, -0.15) is 11.8 Å². The van der Waals surface area contributed by atoms with Crippen LogP contribution in [-0.4, -0.2) is 42.8 Å². The molecule has 1 rings (SSSR count). The number of thioether (sulfide) groups is 1. The van der Waals surface area contributed by atoms with Gasteiger partial charge in [-0.25, -0.2) is 4.79 Å². The molecule has 0 unspecified atom stereocenters. The van der Waals surface area contributed by atoms with Crippen molar-refractivity contribution in [1.29, 1.82) is 0 Å². The number of ether oxygens (including phenoxy) is 2. The largest absolute Gasteiger partial charge is 0.469 e. The predicted molar refractivity (Wildman–Crippen MR) is 79.8 cm³/mol. The molecule has 0 saturated heterocycles. The lowest BCUT2D eigenvalue weighted by Gasteiger charge is -2.26. The Morgan fingerprint density at radius 3 is 2.55 bits per heavy atom. The van der Waals surface area contributed by atoms with Crippen LogP contribution in [-0.2, 0) is 14.3 Å². The third kappa shape index (κ3) is 4.58. The summed E-state index contributed by atoms with van der Waals surface area (Å²) in [4.78, 5) is 23.8. The average molecular weight is 303 g/mol. The number of esters is 1. The summed E-state index contributed by atoms with van der Waals surface area (Å²) >= 11 is 1.63. The summed E-state index contributed by atoms with van der Waals surface area (Å²) < 4.78 is 10.2. The van der Waals surface area contributed by atoms with Crippen LogP contribution in [0.3, 0.4) is 0 Å². The van der Waals surface area contributed by atoms with E-state index in [-0.39, 0.29) is 12.0 Å². The van der Waals surface area contributed by atoms with Gasteiger partial charge in [0.2, 0.25) is 0 Å². The first-order chi connectivity index (χ1) is 9.22. The molecule has 6 heteroatoms. The molecule has 0 aliphatic heterocycles. The molecule has 2 atom stereocenters. The first kappa shape index (κ1) is 17.1. The molecule has 0 radical (unpaired) electrons. The molecule has 0 aromatic heterocycles. The van der Waals surface area contributed by atoms with Crippen LogP contribution >= 0.6 is 11.8 Å². The van der Waals surface area contributed by atoms with Crippen LogP contribution in [0.25, 0.3) is 0 Å². The lowest BCUT2D eigenvalue weighted by atomic mass is 9.88. The van der Waals surface area contributed by atoms with Crippen LogP contribution in [0.4, 0.5) is 4.79 Å². The van der Waals surface area contributed by atoms with Gasteiger partial charge in [0.05, 0.1) is 12.5 Å². The standard InChI is InChI=1S/C14H25NO4S/c1-13(2,3)19-12(17)15-10-6-7-14(8-10,9-20-5)11(16)18-4/h10H,6-9H2,1-5H3,(H,15,17)/t10-,14+/m1/s1. The highest BCUT2D eigenvalue weighted by Gasteiger charge is 2.46. The van der Waals surface area contributed by atoms with E-state index < -0.39 is 17.1 Å². The summed E-state index contributed by atoms with van der Waals surface area (Å²) in [6.45, 7) is 5.48. The number of amides is 1. The Bertz CT molecular complexity index is 367. The van der Waals surface area contributed by atoms with E-state index in [0.29, 0.717) is 12.2 Å². The molecule has 1 aliphatic rings. The fourth-order valence-corrected chi connectivity index (χ4v) is 3.52. The van der Waals surface area contributed by atoms with Gasteiger partial charge in [0.15, 0.2) is 0 Å². The Morgan fingerprint density at radius 1 is 1.40 bits per heavy atom. The first-order valence-corrected chi connectivity index (χ1v) is 8.19. The van der Waals surface area contributed by atoms with Gasteiger partial charge < -0.3 is 14.8 Å². The van der Waals surface area contributed by atoms with Gasteiger partial charge in [0.1, 0.15) is 5.60 Å². The summed E-state index contributed by atoms with van der Waals surface area (Å²) in [5.41, 5.74) is -0.991. The number of alkyl carbamates (subject to hydrolysis) is 1. The van der Waals surface area contributed by atoms with E-state index in [1.807, 2.05) is 27.0 Å².